The molecule has 1 aromatic carbocycles. The normalized spacial score (nSPS) is 29.1. The van der Waals surface area contributed by atoms with Gasteiger partial charge in [0, 0.05) is 43.1 Å². The summed E-state index contributed by atoms with van der Waals surface area (Å²) in [5.41, 5.74) is 1.95. The predicted molar refractivity (Wildman–Crippen MR) is 95.6 cm³/mol. The largest absolute Gasteiger partial charge is 0.384 e. The number of hydrogen-bond donors (Lipinski definition) is 0. The number of nitrogens with zero attached hydrogens (tertiary/aromatic N) is 4. The van der Waals surface area contributed by atoms with Crippen molar-refractivity contribution >= 4 is 23.2 Å². The fourth-order valence-corrected chi connectivity index (χ4v) is 3.96. The van der Waals surface area contributed by atoms with Gasteiger partial charge in [-0.15, -0.1) is 0 Å². The first kappa shape index (κ1) is 16.8. The molecule has 3 aliphatic rings. The zero-order valence-electron chi connectivity index (χ0n) is 14.3. The number of rotatable bonds is 5. The Labute approximate surface area is 152 Å². The Morgan fingerprint density at radius 3 is 2.72 bits per heavy atom. The number of methoxy groups -OCH3 is 1. The lowest BCUT2D eigenvalue weighted by atomic mass is 9.98. The van der Waals surface area contributed by atoms with Gasteiger partial charge in [-0.25, -0.2) is 5.32 Å². The highest BCUT2D eigenvalue weighted by atomic mass is 35.5. The maximum absolute atomic E-state index is 12.3. The summed E-state index contributed by atoms with van der Waals surface area (Å²) in [4.78, 5) is 14.3. The maximum Gasteiger partial charge on any atom is 0.223 e. The van der Waals surface area contributed by atoms with Crippen LogP contribution in [0.5, 0.6) is 0 Å². The minimum absolute atomic E-state index is 0.0184. The lowest BCUT2D eigenvalue weighted by molar-refractivity contribution is -0.128. The molecule has 1 amide bonds. The number of benzene rings is 1. The first-order valence-electron chi connectivity index (χ1n) is 8.73. The SMILES string of the molecule is COCC1C[N]C1N1CC(N2CCCC2=O)C(c2ccc(Cl)cc2)=N1. The van der Waals surface area contributed by atoms with Gasteiger partial charge < -0.3 is 9.64 Å². The van der Waals surface area contributed by atoms with Gasteiger partial charge in [-0.3, -0.25) is 9.80 Å². The lowest BCUT2D eigenvalue weighted by Gasteiger charge is -2.41. The van der Waals surface area contributed by atoms with Crippen LogP contribution in [-0.2, 0) is 9.53 Å². The first-order chi connectivity index (χ1) is 12.2. The second-order valence-corrected chi connectivity index (χ2v) is 7.25. The Morgan fingerprint density at radius 1 is 1.32 bits per heavy atom. The van der Waals surface area contributed by atoms with Gasteiger partial charge in [0.1, 0.15) is 6.17 Å². The molecule has 6 nitrogen and oxygen atoms in total. The summed E-state index contributed by atoms with van der Waals surface area (Å²) >= 11 is 6.03. The van der Waals surface area contributed by atoms with Crippen LogP contribution in [0.2, 0.25) is 5.02 Å². The minimum atomic E-state index is -0.0184. The van der Waals surface area contributed by atoms with Gasteiger partial charge in [0.2, 0.25) is 5.91 Å². The van der Waals surface area contributed by atoms with E-state index in [1.54, 1.807) is 7.11 Å². The summed E-state index contributed by atoms with van der Waals surface area (Å²) < 4.78 is 5.29. The zero-order valence-corrected chi connectivity index (χ0v) is 15.0. The molecule has 2 fully saturated rings. The monoisotopic (exact) mass is 361 g/mol. The number of amides is 1. The molecule has 0 aromatic heterocycles. The van der Waals surface area contributed by atoms with Crippen LogP contribution in [0, 0.1) is 5.92 Å². The highest BCUT2D eigenvalue weighted by Gasteiger charge is 2.44. The van der Waals surface area contributed by atoms with E-state index in [-0.39, 0.29) is 18.1 Å². The number of carbonyl (C=O) groups excluding carboxylic acids is 1. The molecular weight excluding hydrogens is 340 g/mol. The van der Waals surface area contributed by atoms with Crippen molar-refractivity contribution in [3.05, 3.63) is 34.9 Å². The van der Waals surface area contributed by atoms with E-state index in [9.17, 15) is 4.79 Å². The Hall–Kier alpha value is -1.63. The van der Waals surface area contributed by atoms with Crippen LogP contribution in [0.15, 0.2) is 29.4 Å². The van der Waals surface area contributed by atoms with Crippen molar-refractivity contribution in [1.82, 2.24) is 15.2 Å². The molecule has 4 rings (SSSR count). The second-order valence-electron chi connectivity index (χ2n) is 6.81. The molecule has 1 aromatic rings. The van der Waals surface area contributed by atoms with Crippen LogP contribution >= 0.6 is 11.6 Å². The Morgan fingerprint density at radius 2 is 2.12 bits per heavy atom. The topological polar surface area (TPSA) is 59.2 Å². The molecule has 25 heavy (non-hydrogen) atoms. The molecule has 0 spiro atoms. The van der Waals surface area contributed by atoms with Gasteiger partial charge in [-0.05, 0) is 18.6 Å². The predicted octanol–water partition coefficient (Wildman–Crippen LogP) is 1.56. The third-order valence-corrected chi connectivity index (χ3v) is 5.42. The van der Waals surface area contributed by atoms with Gasteiger partial charge in [0.25, 0.3) is 0 Å². The van der Waals surface area contributed by atoms with E-state index in [4.69, 9.17) is 21.4 Å². The van der Waals surface area contributed by atoms with Gasteiger partial charge in [0.15, 0.2) is 0 Å². The summed E-state index contributed by atoms with van der Waals surface area (Å²) in [5.74, 6) is 0.584. The summed E-state index contributed by atoms with van der Waals surface area (Å²) in [6.45, 7) is 2.99. The van der Waals surface area contributed by atoms with E-state index in [1.165, 1.54) is 0 Å². The molecule has 133 valence electrons. The van der Waals surface area contributed by atoms with E-state index in [2.05, 4.69) is 5.32 Å². The summed E-state index contributed by atoms with van der Waals surface area (Å²) in [6.07, 6.45) is 1.60. The number of hydrazone groups is 1. The summed E-state index contributed by atoms with van der Waals surface area (Å²) in [7, 11) is 1.72. The van der Waals surface area contributed by atoms with Crippen LogP contribution in [0.4, 0.5) is 0 Å². The third kappa shape index (κ3) is 3.14. The Bertz CT molecular complexity index is 678. The number of carbonyl (C=O) groups is 1. The number of halogens is 1. The molecule has 3 atom stereocenters. The molecule has 3 unspecified atom stereocenters. The van der Waals surface area contributed by atoms with Crippen molar-refractivity contribution in [3.63, 3.8) is 0 Å². The number of ether oxygens (including phenoxy) is 1. The van der Waals surface area contributed by atoms with Crippen molar-refractivity contribution in [2.75, 3.05) is 33.4 Å². The van der Waals surface area contributed by atoms with E-state index >= 15 is 0 Å². The lowest BCUT2D eigenvalue weighted by Crippen LogP contribution is -2.58. The molecule has 1 radical (unpaired) electrons. The van der Waals surface area contributed by atoms with Crippen molar-refractivity contribution in [1.29, 1.82) is 0 Å². The van der Waals surface area contributed by atoms with E-state index in [0.29, 0.717) is 30.5 Å². The quantitative estimate of drug-likeness (QED) is 0.799. The molecule has 0 N–H and O–H groups in total. The average Bonchev–Trinajstić information content (AvgIpc) is 3.18. The highest BCUT2D eigenvalue weighted by molar-refractivity contribution is 6.30. The van der Waals surface area contributed by atoms with Gasteiger partial charge in [-0.2, -0.15) is 5.10 Å². The smallest absolute Gasteiger partial charge is 0.223 e. The molecule has 3 heterocycles. The minimum Gasteiger partial charge on any atom is -0.384 e. The number of likely N-dealkylation sites (tertiary alicyclic amines) is 1. The molecule has 0 saturated carbocycles. The van der Waals surface area contributed by atoms with Crippen LogP contribution in [0.25, 0.3) is 0 Å². The van der Waals surface area contributed by atoms with Gasteiger partial charge in [-0.1, -0.05) is 23.7 Å². The van der Waals surface area contributed by atoms with Gasteiger partial charge >= 0.3 is 0 Å². The standard InChI is InChI=1S/C18H22ClN4O2/c1-25-11-13-9-20-18(13)23-10-15(22-8-2-3-16(22)24)17(21-23)12-4-6-14(19)7-5-12/h4-7,13,15,18H,2-3,8-11H2,1H3. The average molecular weight is 362 g/mol. The Balaban J connectivity index is 1.61. The van der Waals surface area contributed by atoms with Crippen LogP contribution in [0.3, 0.4) is 0 Å². The summed E-state index contributed by atoms with van der Waals surface area (Å²) in [5, 5.41) is 12.2. The van der Waals surface area contributed by atoms with Crippen LogP contribution < -0.4 is 5.32 Å². The highest BCUT2D eigenvalue weighted by Crippen LogP contribution is 2.29. The van der Waals surface area contributed by atoms with Crippen molar-refractivity contribution in [2.45, 2.75) is 25.0 Å². The molecule has 7 heteroatoms. The molecule has 2 saturated heterocycles. The van der Waals surface area contributed by atoms with Crippen LogP contribution in [0.1, 0.15) is 18.4 Å². The maximum atomic E-state index is 12.3. The van der Waals surface area contributed by atoms with Gasteiger partial charge in [0.05, 0.1) is 24.9 Å². The fraction of sp³-hybridized carbons (Fsp3) is 0.556. The Kier molecular flexibility index (Phi) is 4.67. The van der Waals surface area contributed by atoms with E-state index in [0.717, 1.165) is 30.8 Å². The molecule has 0 aliphatic carbocycles. The molecule has 3 aliphatic heterocycles. The molecule has 0 bridgehead atoms. The zero-order chi connectivity index (χ0) is 17.4. The summed E-state index contributed by atoms with van der Waals surface area (Å²) in [6, 6.07) is 7.67. The number of hydrogen-bond acceptors (Lipinski definition) is 4. The van der Waals surface area contributed by atoms with Crippen molar-refractivity contribution in [3.8, 4) is 0 Å². The van der Waals surface area contributed by atoms with Crippen LogP contribution in [-0.4, -0.2) is 67.1 Å². The van der Waals surface area contributed by atoms with Crippen molar-refractivity contribution in [2.24, 2.45) is 11.0 Å². The van der Waals surface area contributed by atoms with E-state index < -0.39 is 0 Å². The first-order valence-corrected chi connectivity index (χ1v) is 9.11. The second kappa shape index (κ2) is 6.94. The van der Waals surface area contributed by atoms with Crippen molar-refractivity contribution < 1.29 is 9.53 Å². The third-order valence-electron chi connectivity index (χ3n) is 5.17. The van der Waals surface area contributed by atoms with E-state index in [1.807, 2.05) is 34.2 Å². The molecular formula is C18H22ClN4O2. The fourth-order valence-electron chi connectivity index (χ4n) is 3.83.